The Morgan fingerprint density at radius 2 is 1.64 bits per heavy atom. The van der Waals surface area contributed by atoms with Crippen LogP contribution in [0.1, 0.15) is 12.5 Å². The van der Waals surface area contributed by atoms with Gasteiger partial charge in [-0.2, -0.15) is 0 Å². The summed E-state index contributed by atoms with van der Waals surface area (Å²) in [4.78, 5) is 23.0. The summed E-state index contributed by atoms with van der Waals surface area (Å²) in [6.45, 7) is 1.38. The van der Waals surface area contributed by atoms with E-state index in [4.69, 9.17) is 0 Å². The van der Waals surface area contributed by atoms with Crippen molar-refractivity contribution in [3.63, 3.8) is 0 Å². The van der Waals surface area contributed by atoms with Crippen LogP contribution in [0.2, 0.25) is 0 Å². The van der Waals surface area contributed by atoms with Gasteiger partial charge in [-0.3, -0.25) is 9.59 Å². The third kappa shape index (κ3) is 6.17. The number of halogens is 3. The van der Waals surface area contributed by atoms with Gasteiger partial charge in [0.1, 0.15) is 0 Å². The highest BCUT2D eigenvalue weighted by Crippen LogP contribution is 2.30. The second-order valence-corrected chi connectivity index (χ2v) is 5.15. The maximum Gasteiger partial charge on any atom is 0.573 e. The van der Waals surface area contributed by atoms with E-state index in [9.17, 15) is 22.8 Å². The molecule has 0 aliphatic rings. The van der Waals surface area contributed by atoms with E-state index in [0.29, 0.717) is 11.3 Å². The zero-order chi connectivity index (χ0) is 18.4. The minimum Gasteiger partial charge on any atom is -0.404 e. The molecule has 0 spiro atoms. The first-order valence-electron chi connectivity index (χ1n) is 7.24. The van der Waals surface area contributed by atoms with Gasteiger partial charge in [0, 0.05) is 12.6 Å². The molecule has 0 aliphatic heterocycles. The standard InChI is InChI=1S/C17H15F3N2O3/c1-11(23)21-13-8-6-12(7-9-13)10-16(24)22-14-4-2-3-5-15(14)25-17(18,19)20/h2-9H,10H2,1H3,(H,21,23)(H,22,24). The molecular formula is C17H15F3N2O3. The molecule has 0 unspecified atom stereocenters. The molecule has 2 amide bonds. The molecule has 0 aromatic heterocycles. The average molecular weight is 352 g/mol. The van der Waals surface area contributed by atoms with Crippen LogP contribution in [0, 0.1) is 0 Å². The second kappa shape index (κ2) is 7.69. The Kier molecular flexibility index (Phi) is 5.63. The van der Waals surface area contributed by atoms with Crippen molar-refractivity contribution in [1.82, 2.24) is 0 Å². The van der Waals surface area contributed by atoms with Crippen LogP contribution in [0.25, 0.3) is 0 Å². The summed E-state index contributed by atoms with van der Waals surface area (Å²) in [6.07, 6.45) is -4.89. The van der Waals surface area contributed by atoms with Crippen LogP contribution in [0.4, 0.5) is 24.5 Å². The Balaban J connectivity index is 2.02. The lowest BCUT2D eigenvalue weighted by molar-refractivity contribution is -0.274. The molecule has 0 fully saturated rings. The third-order valence-corrected chi connectivity index (χ3v) is 3.03. The fourth-order valence-electron chi connectivity index (χ4n) is 2.07. The predicted molar refractivity (Wildman–Crippen MR) is 86.2 cm³/mol. The van der Waals surface area contributed by atoms with E-state index >= 15 is 0 Å². The Morgan fingerprint density at radius 1 is 1.00 bits per heavy atom. The lowest BCUT2D eigenvalue weighted by Crippen LogP contribution is -2.20. The molecule has 0 radical (unpaired) electrons. The summed E-state index contributed by atoms with van der Waals surface area (Å²) in [5.74, 6) is -1.19. The topological polar surface area (TPSA) is 67.4 Å². The van der Waals surface area contributed by atoms with Crippen molar-refractivity contribution < 1.29 is 27.5 Å². The van der Waals surface area contributed by atoms with Gasteiger partial charge >= 0.3 is 6.36 Å². The van der Waals surface area contributed by atoms with Crippen LogP contribution < -0.4 is 15.4 Å². The molecule has 25 heavy (non-hydrogen) atoms. The molecule has 2 rings (SSSR count). The SMILES string of the molecule is CC(=O)Nc1ccc(CC(=O)Nc2ccccc2OC(F)(F)F)cc1. The number of rotatable bonds is 5. The highest BCUT2D eigenvalue weighted by Gasteiger charge is 2.32. The molecule has 8 heteroatoms. The largest absolute Gasteiger partial charge is 0.573 e. The van der Waals surface area contributed by atoms with Crippen molar-refractivity contribution in [3.8, 4) is 5.75 Å². The summed E-state index contributed by atoms with van der Waals surface area (Å²) < 4.78 is 41.0. The van der Waals surface area contributed by atoms with E-state index in [0.717, 1.165) is 6.07 Å². The molecule has 0 heterocycles. The quantitative estimate of drug-likeness (QED) is 0.862. The van der Waals surface area contributed by atoms with Gasteiger partial charge in [-0.05, 0) is 29.8 Å². The summed E-state index contributed by atoms with van der Waals surface area (Å²) in [5.41, 5.74) is 1.15. The molecular weight excluding hydrogens is 337 g/mol. The molecule has 5 nitrogen and oxygen atoms in total. The fourth-order valence-corrected chi connectivity index (χ4v) is 2.07. The molecule has 0 saturated carbocycles. The second-order valence-electron chi connectivity index (χ2n) is 5.15. The van der Waals surface area contributed by atoms with Gasteiger partial charge in [0.15, 0.2) is 5.75 Å². The highest BCUT2D eigenvalue weighted by molar-refractivity contribution is 5.94. The van der Waals surface area contributed by atoms with Crippen LogP contribution in [0.3, 0.4) is 0 Å². The van der Waals surface area contributed by atoms with Gasteiger partial charge in [-0.1, -0.05) is 24.3 Å². The number of amides is 2. The number of benzene rings is 2. The normalized spacial score (nSPS) is 10.9. The highest BCUT2D eigenvalue weighted by atomic mass is 19.4. The van der Waals surface area contributed by atoms with E-state index in [1.165, 1.54) is 25.1 Å². The lowest BCUT2D eigenvalue weighted by atomic mass is 10.1. The van der Waals surface area contributed by atoms with Crippen LogP contribution in [0.15, 0.2) is 48.5 Å². The lowest BCUT2D eigenvalue weighted by Gasteiger charge is -2.14. The summed E-state index contributed by atoms with van der Waals surface area (Å²) in [6, 6.07) is 11.8. The molecule has 0 bridgehead atoms. The fraction of sp³-hybridized carbons (Fsp3) is 0.176. The maximum atomic E-state index is 12.4. The van der Waals surface area contributed by atoms with Crippen LogP contribution in [-0.4, -0.2) is 18.2 Å². The molecule has 2 aromatic carbocycles. The zero-order valence-corrected chi connectivity index (χ0v) is 13.2. The van der Waals surface area contributed by atoms with Crippen LogP contribution in [0.5, 0.6) is 5.75 Å². The first-order chi connectivity index (χ1) is 11.7. The zero-order valence-electron chi connectivity index (χ0n) is 13.2. The van der Waals surface area contributed by atoms with Gasteiger partial charge in [0.25, 0.3) is 0 Å². The van der Waals surface area contributed by atoms with E-state index in [1.807, 2.05) is 0 Å². The van der Waals surface area contributed by atoms with Crippen molar-refractivity contribution in [2.24, 2.45) is 0 Å². The minimum absolute atomic E-state index is 0.0410. The van der Waals surface area contributed by atoms with E-state index in [1.54, 1.807) is 24.3 Å². The van der Waals surface area contributed by atoms with Crippen LogP contribution >= 0.6 is 0 Å². The molecule has 0 atom stereocenters. The van der Waals surface area contributed by atoms with Crippen LogP contribution in [-0.2, 0) is 16.0 Å². The van der Waals surface area contributed by atoms with Crippen molar-refractivity contribution in [1.29, 1.82) is 0 Å². The molecule has 0 saturated heterocycles. The maximum absolute atomic E-state index is 12.4. The third-order valence-electron chi connectivity index (χ3n) is 3.03. The Bertz CT molecular complexity index is 758. The first kappa shape index (κ1) is 18.3. The van der Waals surface area contributed by atoms with Crippen molar-refractivity contribution >= 4 is 23.2 Å². The summed E-state index contributed by atoms with van der Waals surface area (Å²) >= 11 is 0. The molecule has 132 valence electrons. The van der Waals surface area contributed by atoms with Crippen molar-refractivity contribution in [2.75, 3.05) is 10.6 Å². The summed E-state index contributed by atoms with van der Waals surface area (Å²) in [7, 11) is 0. The Morgan fingerprint density at radius 3 is 2.24 bits per heavy atom. The number of nitrogens with one attached hydrogen (secondary N) is 2. The molecule has 0 aliphatic carbocycles. The van der Waals surface area contributed by atoms with Crippen molar-refractivity contribution in [3.05, 3.63) is 54.1 Å². The van der Waals surface area contributed by atoms with E-state index in [2.05, 4.69) is 15.4 Å². The Labute approximate surface area is 141 Å². The molecule has 2 aromatic rings. The Hall–Kier alpha value is -3.03. The van der Waals surface area contributed by atoms with Crippen molar-refractivity contribution in [2.45, 2.75) is 19.7 Å². The number of carbonyl (C=O) groups excluding carboxylic acids is 2. The summed E-state index contributed by atoms with van der Waals surface area (Å²) in [5, 5.41) is 4.99. The van der Waals surface area contributed by atoms with Gasteiger partial charge in [0.05, 0.1) is 12.1 Å². The molecule has 2 N–H and O–H groups in total. The van der Waals surface area contributed by atoms with Gasteiger partial charge in [0.2, 0.25) is 11.8 Å². The number of hydrogen-bond donors (Lipinski definition) is 2. The number of para-hydroxylation sites is 2. The number of anilines is 2. The number of hydrogen-bond acceptors (Lipinski definition) is 3. The van der Waals surface area contributed by atoms with E-state index in [-0.39, 0.29) is 18.0 Å². The predicted octanol–water partition coefficient (Wildman–Crippen LogP) is 3.72. The number of alkyl halides is 3. The van der Waals surface area contributed by atoms with Gasteiger partial charge in [-0.15, -0.1) is 13.2 Å². The smallest absolute Gasteiger partial charge is 0.404 e. The number of carbonyl (C=O) groups is 2. The minimum atomic E-state index is -4.85. The monoisotopic (exact) mass is 352 g/mol. The van der Waals surface area contributed by atoms with Gasteiger partial charge < -0.3 is 15.4 Å². The van der Waals surface area contributed by atoms with Gasteiger partial charge in [-0.25, -0.2) is 0 Å². The number of ether oxygens (including phenoxy) is 1. The average Bonchev–Trinajstić information content (AvgIpc) is 2.49. The first-order valence-corrected chi connectivity index (χ1v) is 7.24. The van der Waals surface area contributed by atoms with E-state index < -0.39 is 18.0 Å².